The van der Waals surface area contributed by atoms with Gasteiger partial charge >= 0.3 is 0 Å². The lowest BCUT2D eigenvalue weighted by Gasteiger charge is -2.28. The smallest absolute Gasteiger partial charge is 0.276 e. The van der Waals surface area contributed by atoms with Gasteiger partial charge in [0, 0.05) is 30.4 Å². The maximum Gasteiger partial charge on any atom is 0.276 e. The number of morpholine rings is 1. The SMILES string of the molecule is C/C(=N/NS(=O)(=O)c1ccc(C)c([N+](=O)[O-])c1)c1ccc(N2CCOCC2)cc1. The van der Waals surface area contributed by atoms with E-state index in [0.29, 0.717) is 24.5 Å². The zero-order chi connectivity index (χ0) is 21.0. The van der Waals surface area contributed by atoms with Crippen molar-refractivity contribution in [3.05, 3.63) is 63.7 Å². The number of hydrogen-bond acceptors (Lipinski definition) is 7. The summed E-state index contributed by atoms with van der Waals surface area (Å²) in [6.07, 6.45) is 0. The first kappa shape index (κ1) is 20.7. The van der Waals surface area contributed by atoms with Crippen LogP contribution in [0.15, 0.2) is 52.5 Å². The Bertz CT molecular complexity index is 1030. The Kier molecular flexibility index (Phi) is 6.14. The highest BCUT2D eigenvalue weighted by molar-refractivity contribution is 7.89. The van der Waals surface area contributed by atoms with Crippen LogP contribution in [0.1, 0.15) is 18.1 Å². The molecule has 0 amide bonds. The maximum atomic E-state index is 12.5. The molecule has 9 nitrogen and oxygen atoms in total. The van der Waals surface area contributed by atoms with Gasteiger partial charge in [-0.2, -0.15) is 18.4 Å². The van der Waals surface area contributed by atoms with Crippen LogP contribution in [0, 0.1) is 17.0 Å². The molecule has 3 rings (SSSR count). The van der Waals surface area contributed by atoms with E-state index in [4.69, 9.17) is 4.74 Å². The quantitative estimate of drug-likeness (QED) is 0.438. The van der Waals surface area contributed by atoms with Crippen molar-refractivity contribution >= 4 is 27.1 Å². The second kappa shape index (κ2) is 8.58. The molecule has 10 heteroatoms. The van der Waals surface area contributed by atoms with Crippen LogP contribution in [0.4, 0.5) is 11.4 Å². The van der Waals surface area contributed by atoms with Crippen LogP contribution in [0.25, 0.3) is 0 Å². The topological polar surface area (TPSA) is 114 Å². The number of nitrogens with zero attached hydrogens (tertiary/aromatic N) is 3. The van der Waals surface area contributed by atoms with E-state index in [2.05, 4.69) is 14.8 Å². The molecule has 1 aliphatic rings. The van der Waals surface area contributed by atoms with E-state index in [1.165, 1.54) is 12.1 Å². The molecule has 154 valence electrons. The monoisotopic (exact) mass is 418 g/mol. The third kappa shape index (κ3) is 4.90. The average molecular weight is 418 g/mol. The molecule has 1 heterocycles. The van der Waals surface area contributed by atoms with E-state index in [1.807, 2.05) is 24.3 Å². The molecule has 0 bridgehead atoms. The molecule has 1 fully saturated rings. The van der Waals surface area contributed by atoms with Gasteiger partial charge < -0.3 is 9.64 Å². The molecule has 0 saturated carbocycles. The van der Waals surface area contributed by atoms with Gasteiger partial charge in [0.05, 0.1) is 28.7 Å². The Morgan fingerprint density at radius 2 is 1.83 bits per heavy atom. The van der Waals surface area contributed by atoms with Crippen LogP contribution in [-0.4, -0.2) is 45.4 Å². The van der Waals surface area contributed by atoms with Gasteiger partial charge in [0.1, 0.15) is 0 Å². The third-order valence-electron chi connectivity index (χ3n) is 4.68. The predicted octanol–water partition coefficient (Wildman–Crippen LogP) is 2.44. The standard InChI is InChI=1S/C19H22N4O5S/c1-14-3-8-18(13-19(14)23(24)25)29(26,27)21-20-15(2)16-4-6-17(7-5-16)22-9-11-28-12-10-22/h3-8,13,21H,9-12H2,1-2H3/b20-15-. The number of sulfonamides is 1. The summed E-state index contributed by atoms with van der Waals surface area (Å²) < 4.78 is 30.3. The van der Waals surface area contributed by atoms with Crippen molar-refractivity contribution in [1.29, 1.82) is 0 Å². The number of hydrazone groups is 1. The Morgan fingerprint density at radius 3 is 2.45 bits per heavy atom. The number of anilines is 1. The van der Waals surface area contributed by atoms with E-state index in [9.17, 15) is 18.5 Å². The number of aryl methyl sites for hydroxylation is 1. The molecule has 1 N–H and O–H groups in total. The van der Waals surface area contributed by atoms with Crippen LogP contribution in [0.3, 0.4) is 0 Å². The van der Waals surface area contributed by atoms with E-state index >= 15 is 0 Å². The van der Waals surface area contributed by atoms with Gasteiger partial charge in [-0.05, 0) is 37.6 Å². The van der Waals surface area contributed by atoms with E-state index in [1.54, 1.807) is 13.8 Å². The molecular formula is C19H22N4O5S. The average Bonchev–Trinajstić information content (AvgIpc) is 2.73. The van der Waals surface area contributed by atoms with Crippen LogP contribution in [0.5, 0.6) is 0 Å². The van der Waals surface area contributed by atoms with Crippen molar-refractivity contribution in [2.24, 2.45) is 5.10 Å². The summed E-state index contributed by atoms with van der Waals surface area (Å²) in [5.74, 6) is 0. The zero-order valence-corrected chi connectivity index (χ0v) is 17.0. The summed E-state index contributed by atoms with van der Waals surface area (Å²) in [6.45, 7) is 6.28. The number of ether oxygens (including phenoxy) is 1. The van der Waals surface area contributed by atoms with Gasteiger partial charge in [0.25, 0.3) is 15.7 Å². The van der Waals surface area contributed by atoms with Crippen LogP contribution in [0.2, 0.25) is 0 Å². The molecule has 2 aromatic rings. The summed E-state index contributed by atoms with van der Waals surface area (Å²) in [5.41, 5.74) is 2.43. The summed E-state index contributed by atoms with van der Waals surface area (Å²) in [4.78, 5) is 14.6. The van der Waals surface area contributed by atoms with Gasteiger partial charge in [-0.15, -0.1) is 0 Å². The van der Waals surface area contributed by atoms with Gasteiger partial charge in [-0.3, -0.25) is 10.1 Å². The Morgan fingerprint density at radius 1 is 1.17 bits per heavy atom. The largest absolute Gasteiger partial charge is 0.378 e. The van der Waals surface area contributed by atoms with E-state index < -0.39 is 14.9 Å². The molecule has 0 aliphatic carbocycles. The first-order chi connectivity index (χ1) is 13.8. The summed E-state index contributed by atoms with van der Waals surface area (Å²) in [7, 11) is -4.03. The van der Waals surface area contributed by atoms with E-state index in [-0.39, 0.29) is 10.6 Å². The van der Waals surface area contributed by atoms with Gasteiger partial charge in [-0.1, -0.05) is 18.2 Å². The highest BCUT2D eigenvalue weighted by Crippen LogP contribution is 2.22. The normalized spacial score (nSPS) is 15.2. The maximum absolute atomic E-state index is 12.5. The third-order valence-corrected chi connectivity index (χ3v) is 5.89. The second-order valence-corrected chi connectivity index (χ2v) is 8.30. The minimum atomic E-state index is -4.03. The lowest BCUT2D eigenvalue weighted by Crippen LogP contribution is -2.36. The minimum Gasteiger partial charge on any atom is -0.378 e. The summed E-state index contributed by atoms with van der Waals surface area (Å²) in [5, 5.41) is 15.0. The van der Waals surface area contributed by atoms with Gasteiger partial charge in [0.15, 0.2) is 0 Å². The molecule has 1 aliphatic heterocycles. The molecule has 29 heavy (non-hydrogen) atoms. The molecule has 0 spiro atoms. The fourth-order valence-electron chi connectivity index (χ4n) is 2.93. The van der Waals surface area contributed by atoms with Gasteiger partial charge in [-0.25, -0.2) is 0 Å². The molecule has 1 saturated heterocycles. The molecule has 2 aromatic carbocycles. The zero-order valence-electron chi connectivity index (χ0n) is 16.2. The minimum absolute atomic E-state index is 0.214. The van der Waals surface area contributed by atoms with Crippen molar-refractivity contribution < 1.29 is 18.1 Å². The molecular weight excluding hydrogens is 396 g/mol. The Labute approximate surface area is 169 Å². The van der Waals surface area contributed by atoms with E-state index in [0.717, 1.165) is 30.4 Å². The molecule has 0 radical (unpaired) electrons. The highest BCUT2D eigenvalue weighted by atomic mass is 32.2. The van der Waals surface area contributed by atoms with Crippen molar-refractivity contribution in [3.8, 4) is 0 Å². The number of nitro benzene ring substituents is 1. The number of rotatable bonds is 6. The Hall–Kier alpha value is -2.98. The number of nitro groups is 1. The first-order valence-electron chi connectivity index (χ1n) is 9.02. The van der Waals surface area contributed by atoms with Crippen molar-refractivity contribution in [3.63, 3.8) is 0 Å². The molecule has 0 unspecified atom stereocenters. The number of hydrogen-bond donors (Lipinski definition) is 1. The first-order valence-corrected chi connectivity index (χ1v) is 10.5. The van der Waals surface area contributed by atoms with Crippen LogP contribution >= 0.6 is 0 Å². The van der Waals surface area contributed by atoms with Gasteiger partial charge in [0.2, 0.25) is 0 Å². The Balaban J connectivity index is 1.74. The summed E-state index contributed by atoms with van der Waals surface area (Å²) >= 11 is 0. The number of benzene rings is 2. The predicted molar refractivity (Wildman–Crippen MR) is 110 cm³/mol. The van der Waals surface area contributed by atoms with Crippen molar-refractivity contribution in [1.82, 2.24) is 4.83 Å². The lowest BCUT2D eigenvalue weighted by atomic mass is 10.1. The fourth-order valence-corrected chi connectivity index (χ4v) is 3.81. The number of nitrogens with one attached hydrogen (secondary N) is 1. The summed E-state index contributed by atoms with van der Waals surface area (Å²) in [6, 6.07) is 11.4. The second-order valence-electron chi connectivity index (χ2n) is 6.64. The van der Waals surface area contributed by atoms with Crippen molar-refractivity contribution in [2.45, 2.75) is 18.7 Å². The van der Waals surface area contributed by atoms with Crippen LogP contribution < -0.4 is 9.73 Å². The van der Waals surface area contributed by atoms with Crippen molar-refractivity contribution in [2.75, 3.05) is 31.2 Å². The molecule has 0 atom stereocenters. The highest BCUT2D eigenvalue weighted by Gasteiger charge is 2.19. The van der Waals surface area contributed by atoms with Crippen LogP contribution in [-0.2, 0) is 14.8 Å². The lowest BCUT2D eigenvalue weighted by molar-refractivity contribution is -0.385. The fraction of sp³-hybridized carbons (Fsp3) is 0.316. The molecule has 0 aromatic heterocycles.